The van der Waals surface area contributed by atoms with Crippen molar-refractivity contribution in [2.24, 2.45) is 5.10 Å². The minimum atomic E-state index is -1.23. The Morgan fingerprint density at radius 1 is 1.44 bits per heavy atom. The summed E-state index contributed by atoms with van der Waals surface area (Å²) in [4.78, 5) is 19.7. The number of aryl methyl sites for hydroxylation is 1. The molecule has 0 saturated heterocycles. The van der Waals surface area contributed by atoms with Crippen LogP contribution in [-0.4, -0.2) is 27.2 Å². The molecule has 1 heterocycles. The van der Waals surface area contributed by atoms with Gasteiger partial charge < -0.3 is 10.1 Å². The summed E-state index contributed by atoms with van der Waals surface area (Å²) in [6.07, 6.45) is 2.97. The number of nitrogens with one attached hydrogen (secondary N) is 2. The van der Waals surface area contributed by atoms with E-state index in [0.29, 0.717) is 33.5 Å². The van der Waals surface area contributed by atoms with Gasteiger partial charge in [0.2, 0.25) is 0 Å². The van der Waals surface area contributed by atoms with E-state index < -0.39 is 11.5 Å². The fraction of sp³-hybridized carbons (Fsp3) is 0.353. The Kier molecular flexibility index (Phi) is 6.21. The third-order valence-electron chi connectivity index (χ3n) is 3.40. The normalized spacial score (nSPS) is 11.9. The zero-order chi connectivity index (χ0) is 18.6. The Morgan fingerprint density at radius 2 is 2.16 bits per heavy atom. The number of amides is 1. The summed E-state index contributed by atoms with van der Waals surface area (Å²) in [6, 6.07) is 4.95. The number of aromatic amines is 1. The van der Waals surface area contributed by atoms with Crippen LogP contribution < -0.4 is 5.43 Å². The molecule has 1 amide bonds. The fourth-order valence-corrected chi connectivity index (χ4v) is 2.66. The number of carbonyl (C=O) groups is 1. The molecule has 25 heavy (non-hydrogen) atoms. The second kappa shape index (κ2) is 7.99. The van der Waals surface area contributed by atoms with Crippen molar-refractivity contribution in [1.29, 1.82) is 0 Å². The molecule has 2 rings (SSSR count). The highest BCUT2D eigenvalue weighted by molar-refractivity contribution is 6.36. The van der Waals surface area contributed by atoms with Crippen molar-refractivity contribution >= 4 is 35.3 Å². The SMILES string of the molecule is CCCc1nc(C(=O)N/N=C/c2ccc(Cl)cc2Cl)c(C(C)(C)O)[nH]1. The predicted molar refractivity (Wildman–Crippen MR) is 99.3 cm³/mol. The highest BCUT2D eigenvalue weighted by Gasteiger charge is 2.27. The van der Waals surface area contributed by atoms with Crippen LogP contribution in [0.4, 0.5) is 0 Å². The molecule has 1 aromatic heterocycles. The van der Waals surface area contributed by atoms with E-state index in [2.05, 4.69) is 20.5 Å². The van der Waals surface area contributed by atoms with E-state index >= 15 is 0 Å². The predicted octanol–water partition coefficient (Wildman–Crippen LogP) is 3.66. The molecule has 0 radical (unpaired) electrons. The summed E-state index contributed by atoms with van der Waals surface area (Å²) in [6.45, 7) is 5.18. The Hall–Kier alpha value is -1.89. The number of halogens is 2. The van der Waals surface area contributed by atoms with Crippen molar-refractivity contribution in [2.45, 2.75) is 39.2 Å². The number of rotatable bonds is 6. The van der Waals surface area contributed by atoms with Gasteiger partial charge in [-0.15, -0.1) is 0 Å². The van der Waals surface area contributed by atoms with Crippen LogP contribution in [0.2, 0.25) is 10.0 Å². The fourth-order valence-electron chi connectivity index (χ4n) is 2.20. The lowest BCUT2D eigenvalue weighted by Gasteiger charge is -2.16. The van der Waals surface area contributed by atoms with Gasteiger partial charge in [-0.3, -0.25) is 4.79 Å². The minimum Gasteiger partial charge on any atom is -0.384 e. The maximum Gasteiger partial charge on any atom is 0.291 e. The summed E-state index contributed by atoms with van der Waals surface area (Å²) in [5.41, 5.74) is 2.26. The molecular formula is C17H20Cl2N4O2. The summed E-state index contributed by atoms with van der Waals surface area (Å²) >= 11 is 11.9. The Bertz CT molecular complexity index is 794. The topological polar surface area (TPSA) is 90.4 Å². The maximum absolute atomic E-state index is 12.4. The average Bonchev–Trinajstić information content (AvgIpc) is 2.94. The highest BCUT2D eigenvalue weighted by Crippen LogP contribution is 2.22. The van der Waals surface area contributed by atoms with Gasteiger partial charge in [0.1, 0.15) is 11.4 Å². The number of imidazole rings is 1. The molecule has 0 bridgehead atoms. The van der Waals surface area contributed by atoms with Gasteiger partial charge in [0.05, 0.1) is 16.9 Å². The summed E-state index contributed by atoms with van der Waals surface area (Å²) < 4.78 is 0. The number of carbonyl (C=O) groups excluding carboxylic acids is 1. The van der Waals surface area contributed by atoms with Crippen LogP contribution in [0.25, 0.3) is 0 Å². The molecule has 0 aliphatic carbocycles. The molecule has 3 N–H and O–H groups in total. The third kappa shape index (κ3) is 5.04. The van der Waals surface area contributed by atoms with Crippen LogP contribution in [-0.2, 0) is 12.0 Å². The largest absolute Gasteiger partial charge is 0.384 e. The monoisotopic (exact) mass is 382 g/mol. The van der Waals surface area contributed by atoms with Crippen molar-refractivity contribution < 1.29 is 9.90 Å². The maximum atomic E-state index is 12.4. The van der Waals surface area contributed by atoms with Crippen LogP contribution in [0, 0.1) is 0 Å². The van der Waals surface area contributed by atoms with Gasteiger partial charge in [-0.05, 0) is 32.4 Å². The number of aliphatic hydroxyl groups is 1. The van der Waals surface area contributed by atoms with Crippen LogP contribution in [0.1, 0.15) is 54.8 Å². The van der Waals surface area contributed by atoms with E-state index in [0.717, 1.165) is 6.42 Å². The van der Waals surface area contributed by atoms with Crippen LogP contribution in [0.15, 0.2) is 23.3 Å². The van der Waals surface area contributed by atoms with E-state index in [4.69, 9.17) is 23.2 Å². The molecular weight excluding hydrogens is 363 g/mol. The molecule has 0 atom stereocenters. The number of benzene rings is 1. The molecule has 8 heteroatoms. The molecule has 1 aromatic carbocycles. The molecule has 134 valence electrons. The highest BCUT2D eigenvalue weighted by atomic mass is 35.5. The Morgan fingerprint density at radius 3 is 2.76 bits per heavy atom. The minimum absolute atomic E-state index is 0.121. The lowest BCUT2D eigenvalue weighted by molar-refractivity contribution is 0.0707. The van der Waals surface area contributed by atoms with Gasteiger partial charge >= 0.3 is 0 Å². The first kappa shape index (κ1) is 19.4. The number of hydrogen-bond acceptors (Lipinski definition) is 4. The lowest BCUT2D eigenvalue weighted by Crippen LogP contribution is -2.25. The van der Waals surface area contributed by atoms with E-state index in [1.807, 2.05) is 6.92 Å². The second-order valence-electron chi connectivity index (χ2n) is 6.08. The summed E-state index contributed by atoms with van der Waals surface area (Å²) in [7, 11) is 0. The van der Waals surface area contributed by atoms with Gasteiger partial charge in [0.25, 0.3) is 5.91 Å². The van der Waals surface area contributed by atoms with Crippen molar-refractivity contribution in [3.63, 3.8) is 0 Å². The van der Waals surface area contributed by atoms with Crippen molar-refractivity contribution in [3.8, 4) is 0 Å². The number of hydrazone groups is 1. The van der Waals surface area contributed by atoms with E-state index in [9.17, 15) is 9.90 Å². The number of H-pyrrole nitrogens is 1. The first-order valence-electron chi connectivity index (χ1n) is 7.82. The quantitative estimate of drug-likeness (QED) is 0.525. The molecule has 0 fully saturated rings. The molecule has 6 nitrogen and oxygen atoms in total. The van der Waals surface area contributed by atoms with Gasteiger partial charge in [0, 0.05) is 17.0 Å². The number of nitrogens with zero attached hydrogens (tertiary/aromatic N) is 2. The Labute approximate surface area is 156 Å². The van der Waals surface area contributed by atoms with Crippen LogP contribution >= 0.6 is 23.2 Å². The van der Waals surface area contributed by atoms with E-state index in [1.54, 1.807) is 32.0 Å². The van der Waals surface area contributed by atoms with Crippen molar-refractivity contribution in [3.05, 3.63) is 51.0 Å². The molecule has 0 saturated carbocycles. The van der Waals surface area contributed by atoms with E-state index in [1.165, 1.54) is 6.21 Å². The standard InChI is InChI=1S/C17H20Cl2N4O2/c1-4-5-13-21-14(15(22-13)17(2,3)25)16(24)23-20-9-10-6-7-11(18)8-12(10)19/h6-9,25H,4-5H2,1-3H3,(H,21,22)(H,23,24)/b20-9+. The van der Waals surface area contributed by atoms with Gasteiger partial charge in [0.15, 0.2) is 5.69 Å². The third-order valence-corrected chi connectivity index (χ3v) is 3.96. The summed E-state index contributed by atoms with van der Waals surface area (Å²) in [5, 5.41) is 15.1. The first-order valence-corrected chi connectivity index (χ1v) is 8.58. The van der Waals surface area contributed by atoms with Gasteiger partial charge in [-0.25, -0.2) is 10.4 Å². The van der Waals surface area contributed by atoms with Gasteiger partial charge in [-0.1, -0.05) is 36.2 Å². The van der Waals surface area contributed by atoms with Crippen molar-refractivity contribution in [1.82, 2.24) is 15.4 Å². The molecule has 0 aliphatic rings. The molecule has 0 aliphatic heterocycles. The number of aromatic nitrogens is 2. The van der Waals surface area contributed by atoms with Crippen LogP contribution in [0.3, 0.4) is 0 Å². The second-order valence-corrected chi connectivity index (χ2v) is 6.92. The average molecular weight is 383 g/mol. The summed E-state index contributed by atoms with van der Waals surface area (Å²) in [5.74, 6) is 0.131. The van der Waals surface area contributed by atoms with E-state index in [-0.39, 0.29) is 5.69 Å². The molecule has 2 aromatic rings. The zero-order valence-electron chi connectivity index (χ0n) is 14.2. The zero-order valence-corrected chi connectivity index (χ0v) is 15.7. The smallest absolute Gasteiger partial charge is 0.291 e. The Balaban J connectivity index is 2.18. The lowest BCUT2D eigenvalue weighted by atomic mass is 10.0. The molecule has 0 unspecified atom stereocenters. The number of hydrogen-bond donors (Lipinski definition) is 3. The van der Waals surface area contributed by atoms with Crippen molar-refractivity contribution in [2.75, 3.05) is 0 Å². The van der Waals surface area contributed by atoms with Crippen LogP contribution in [0.5, 0.6) is 0 Å². The first-order chi connectivity index (χ1) is 11.7. The van der Waals surface area contributed by atoms with Gasteiger partial charge in [-0.2, -0.15) is 5.10 Å². The molecule has 0 spiro atoms.